The molecule has 0 radical (unpaired) electrons. The van der Waals surface area contributed by atoms with E-state index in [4.69, 9.17) is 9.47 Å². The van der Waals surface area contributed by atoms with Crippen molar-refractivity contribution in [1.82, 2.24) is 15.5 Å². The molecular weight excluding hydrogens is 334 g/mol. The molecule has 0 saturated carbocycles. The number of benzene rings is 1. The lowest BCUT2D eigenvalue weighted by Crippen LogP contribution is -2.46. The fourth-order valence-electron chi connectivity index (χ4n) is 3.06. The van der Waals surface area contributed by atoms with Crippen LogP contribution < -0.4 is 10.6 Å². The molecule has 2 rings (SSSR count). The summed E-state index contributed by atoms with van der Waals surface area (Å²) in [6.45, 7) is 7.54. The highest BCUT2D eigenvalue weighted by molar-refractivity contribution is 5.82. The van der Waals surface area contributed by atoms with Crippen LogP contribution in [0.2, 0.25) is 0 Å². The SMILES string of the molecule is CCOC(CNC(=O)NC1CC(=O)N(C(C)c2ccccc2)C1)OCC. The van der Waals surface area contributed by atoms with E-state index in [9.17, 15) is 9.59 Å². The number of carbonyl (C=O) groups is 2. The molecule has 0 bridgehead atoms. The number of nitrogens with one attached hydrogen (secondary N) is 2. The Balaban J connectivity index is 1.82. The molecule has 1 aliphatic rings. The number of carbonyl (C=O) groups excluding carboxylic acids is 2. The largest absolute Gasteiger partial charge is 0.351 e. The van der Waals surface area contributed by atoms with Crippen molar-refractivity contribution in [2.75, 3.05) is 26.3 Å². The summed E-state index contributed by atoms with van der Waals surface area (Å²) >= 11 is 0. The van der Waals surface area contributed by atoms with Crippen LogP contribution in [0.1, 0.15) is 38.8 Å². The average Bonchev–Trinajstić information content (AvgIpc) is 3.00. The van der Waals surface area contributed by atoms with E-state index in [1.165, 1.54) is 0 Å². The van der Waals surface area contributed by atoms with Crippen molar-refractivity contribution >= 4 is 11.9 Å². The molecule has 26 heavy (non-hydrogen) atoms. The van der Waals surface area contributed by atoms with Crippen LogP contribution in [0.15, 0.2) is 30.3 Å². The Hall–Kier alpha value is -2.12. The molecule has 1 aromatic rings. The lowest BCUT2D eigenvalue weighted by molar-refractivity contribution is -0.131. The number of urea groups is 1. The predicted molar refractivity (Wildman–Crippen MR) is 98.5 cm³/mol. The first-order chi connectivity index (χ1) is 12.5. The Bertz CT molecular complexity index is 575. The second kappa shape index (κ2) is 10.1. The van der Waals surface area contributed by atoms with Crippen molar-refractivity contribution < 1.29 is 19.1 Å². The molecule has 1 heterocycles. The van der Waals surface area contributed by atoms with E-state index in [-0.39, 0.29) is 30.6 Å². The van der Waals surface area contributed by atoms with Crippen LogP contribution in [0.25, 0.3) is 0 Å². The first kappa shape index (κ1) is 20.2. The summed E-state index contributed by atoms with van der Waals surface area (Å²) in [5, 5.41) is 5.60. The minimum Gasteiger partial charge on any atom is -0.351 e. The van der Waals surface area contributed by atoms with Gasteiger partial charge in [0, 0.05) is 26.2 Å². The van der Waals surface area contributed by atoms with Crippen molar-refractivity contribution in [3.05, 3.63) is 35.9 Å². The Morgan fingerprint density at radius 2 is 1.88 bits per heavy atom. The third-order valence-electron chi connectivity index (χ3n) is 4.38. The lowest BCUT2D eigenvalue weighted by atomic mass is 10.1. The van der Waals surface area contributed by atoms with Gasteiger partial charge < -0.3 is 25.0 Å². The van der Waals surface area contributed by atoms with Crippen molar-refractivity contribution in [3.63, 3.8) is 0 Å². The van der Waals surface area contributed by atoms with Crippen LogP contribution >= 0.6 is 0 Å². The zero-order valence-corrected chi connectivity index (χ0v) is 15.7. The number of amides is 3. The van der Waals surface area contributed by atoms with Crippen LogP contribution in [0, 0.1) is 0 Å². The number of likely N-dealkylation sites (tertiary alicyclic amines) is 1. The topological polar surface area (TPSA) is 79.9 Å². The molecule has 0 aliphatic carbocycles. The maximum absolute atomic E-state index is 12.3. The lowest BCUT2D eigenvalue weighted by Gasteiger charge is -2.25. The first-order valence-corrected chi connectivity index (χ1v) is 9.17. The molecule has 1 aromatic carbocycles. The Kier molecular flexibility index (Phi) is 7.87. The molecule has 7 heteroatoms. The molecule has 7 nitrogen and oxygen atoms in total. The summed E-state index contributed by atoms with van der Waals surface area (Å²) < 4.78 is 10.8. The van der Waals surface area contributed by atoms with E-state index in [1.807, 2.05) is 56.0 Å². The van der Waals surface area contributed by atoms with E-state index in [1.54, 1.807) is 0 Å². The van der Waals surface area contributed by atoms with Gasteiger partial charge in [-0.15, -0.1) is 0 Å². The zero-order valence-electron chi connectivity index (χ0n) is 15.7. The molecule has 3 amide bonds. The number of nitrogens with zero attached hydrogens (tertiary/aromatic N) is 1. The molecule has 2 unspecified atom stereocenters. The molecular formula is C19H29N3O4. The molecule has 0 spiro atoms. The maximum Gasteiger partial charge on any atom is 0.315 e. The van der Waals surface area contributed by atoms with E-state index >= 15 is 0 Å². The fourth-order valence-corrected chi connectivity index (χ4v) is 3.06. The van der Waals surface area contributed by atoms with Gasteiger partial charge in [0.05, 0.1) is 18.6 Å². The van der Waals surface area contributed by atoms with E-state index in [0.717, 1.165) is 5.56 Å². The van der Waals surface area contributed by atoms with Crippen LogP contribution in [-0.2, 0) is 14.3 Å². The van der Waals surface area contributed by atoms with Gasteiger partial charge in [-0.2, -0.15) is 0 Å². The van der Waals surface area contributed by atoms with Gasteiger partial charge in [-0.05, 0) is 26.3 Å². The van der Waals surface area contributed by atoms with Gasteiger partial charge in [-0.25, -0.2) is 4.79 Å². The van der Waals surface area contributed by atoms with Crippen LogP contribution in [0.3, 0.4) is 0 Å². The fraction of sp³-hybridized carbons (Fsp3) is 0.579. The Morgan fingerprint density at radius 1 is 1.23 bits per heavy atom. The molecule has 2 N–H and O–H groups in total. The van der Waals surface area contributed by atoms with E-state index in [2.05, 4.69) is 10.6 Å². The molecule has 2 atom stereocenters. The maximum atomic E-state index is 12.3. The van der Waals surface area contributed by atoms with Gasteiger partial charge in [0.1, 0.15) is 0 Å². The standard InChI is InChI=1S/C19H29N3O4/c1-4-25-18(26-5-2)12-20-19(24)21-16-11-17(23)22(13-16)14(3)15-9-7-6-8-10-15/h6-10,14,16,18H,4-5,11-13H2,1-3H3,(H2,20,21,24). The van der Waals surface area contributed by atoms with Crippen LogP contribution in [0.5, 0.6) is 0 Å². The summed E-state index contributed by atoms with van der Waals surface area (Å²) in [5.41, 5.74) is 1.09. The van der Waals surface area contributed by atoms with Crippen molar-refractivity contribution in [2.45, 2.75) is 45.6 Å². The van der Waals surface area contributed by atoms with Gasteiger partial charge in [0.25, 0.3) is 0 Å². The quantitative estimate of drug-likeness (QED) is 0.658. The van der Waals surface area contributed by atoms with Gasteiger partial charge in [0.2, 0.25) is 5.91 Å². The van der Waals surface area contributed by atoms with Crippen molar-refractivity contribution in [1.29, 1.82) is 0 Å². The molecule has 1 aliphatic heterocycles. The van der Waals surface area contributed by atoms with Crippen molar-refractivity contribution in [3.8, 4) is 0 Å². The van der Waals surface area contributed by atoms with Crippen molar-refractivity contribution in [2.24, 2.45) is 0 Å². The second-order valence-electron chi connectivity index (χ2n) is 6.23. The third-order valence-corrected chi connectivity index (χ3v) is 4.38. The Morgan fingerprint density at radius 3 is 2.50 bits per heavy atom. The summed E-state index contributed by atoms with van der Waals surface area (Å²) in [6.07, 6.45) is -0.152. The number of hydrogen-bond acceptors (Lipinski definition) is 4. The minimum absolute atomic E-state index is 0.0150. The first-order valence-electron chi connectivity index (χ1n) is 9.17. The van der Waals surface area contributed by atoms with Gasteiger partial charge >= 0.3 is 6.03 Å². The number of rotatable bonds is 9. The highest BCUT2D eigenvalue weighted by atomic mass is 16.7. The predicted octanol–water partition coefficient (Wildman–Crippen LogP) is 2.05. The normalized spacial score (nSPS) is 18.2. The summed E-state index contributed by atoms with van der Waals surface area (Å²) in [6, 6.07) is 9.35. The number of ether oxygens (including phenoxy) is 2. The summed E-state index contributed by atoms with van der Waals surface area (Å²) in [4.78, 5) is 26.2. The highest BCUT2D eigenvalue weighted by Crippen LogP contribution is 2.25. The molecule has 1 fully saturated rings. The van der Waals surface area contributed by atoms with Crippen LogP contribution in [0.4, 0.5) is 4.79 Å². The second-order valence-corrected chi connectivity index (χ2v) is 6.23. The van der Waals surface area contributed by atoms with Crippen LogP contribution in [-0.4, -0.2) is 55.5 Å². The molecule has 0 aromatic heterocycles. The Labute approximate surface area is 155 Å². The average molecular weight is 363 g/mol. The smallest absolute Gasteiger partial charge is 0.315 e. The monoisotopic (exact) mass is 363 g/mol. The molecule has 144 valence electrons. The van der Waals surface area contributed by atoms with E-state index in [0.29, 0.717) is 26.2 Å². The molecule has 1 saturated heterocycles. The van der Waals surface area contributed by atoms with E-state index < -0.39 is 6.29 Å². The minimum atomic E-state index is -0.462. The third kappa shape index (κ3) is 5.71. The van der Waals surface area contributed by atoms with Gasteiger partial charge in [-0.3, -0.25) is 4.79 Å². The number of hydrogen-bond donors (Lipinski definition) is 2. The zero-order chi connectivity index (χ0) is 18.9. The van der Waals surface area contributed by atoms with Gasteiger partial charge in [-0.1, -0.05) is 30.3 Å². The summed E-state index contributed by atoms with van der Waals surface area (Å²) in [7, 11) is 0. The van der Waals surface area contributed by atoms with Gasteiger partial charge in [0.15, 0.2) is 6.29 Å². The summed E-state index contributed by atoms with van der Waals surface area (Å²) in [5.74, 6) is 0.0492. The highest BCUT2D eigenvalue weighted by Gasteiger charge is 2.33.